The molecule has 0 spiro atoms. The number of aryl methyl sites for hydroxylation is 1. The molecule has 4 rings (SSSR count). The second kappa shape index (κ2) is 7.80. The van der Waals surface area contributed by atoms with Crippen LogP contribution in [0.15, 0.2) is 17.0 Å². The zero-order valence-corrected chi connectivity index (χ0v) is 20.4. The van der Waals surface area contributed by atoms with Gasteiger partial charge < -0.3 is 0 Å². The second-order valence-corrected chi connectivity index (χ2v) is 13.2. The lowest BCUT2D eigenvalue weighted by molar-refractivity contribution is -0.139. The van der Waals surface area contributed by atoms with Gasteiger partial charge in [-0.3, -0.25) is 9.35 Å². The molecule has 2 fully saturated rings. The lowest BCUT2D eigenvalue weighted by atomic mass is 9.53. The SMILES string of the molecule is CC(C)(C)CC(=O)[C@H]1CC[C@H]2[C@@H]3CCc4cc(S(=O)(=O)O)cc(C(F)(F)F)c4[C@H]3CC[C@]12C. The van der Waals surface area contributed by atoms with Crippen molar-refractivity contribution in [3.63, 3.8) is 0 Å². The monoisotopic (exact) mass is 486 g/mol. The molecule has 0 heterocycles. The highest BCUT2D eigenvalue weighted by Gasteiger charge is 2.57. The quantitative estimate of drug-likeness (QED) is 0.500. The first-order valence-corrected chi connectivity index (χ1v) is 13.2. The van der Waals surface area contributed by atoms with Crippen molar-refractivity contribution in [2.24, 2.45) is 28.6 Å². The zero-order valence-electron chi connectivity index (χ0n) is 19.6. The molecule has 1 aromatic rings. The van der Waals surface area contributed by atoms with Crippen LogP contribution in [0.3, 0.4) is 0 Å². The van der Waals surface area contributed by atoms with Gasteiger partial charge in [0.1, 0.15) is 5.78 Å². The Morgan fingerprint density at radius 3 is 2.36 bits per heavy atom. The Kier molecular flexibility index (Phi) is 5.84. The van der Waals surface area contributed by atoms with E-state index in [1.807, 2.05) is 20.8 Å². The first kappa shape index (κ1) is 24.7. The van der Waals surface area contributed by atoms with Crippen LogP contribution in [0.4, 0.5) is 13.2 Å². The van der Waals surface area contributed by atoms with Crippen LogP contribution in [-0.4, -0.2) is 18.8 Å². The molecule has 3 aliphatic carbocycles. The summed E-state index contributed by atoms with van der Waals surface area (Å²) in [5, 5.41) is 0. The molecule has 0 radical (unpaired) electrons. The van der Waals surface area contributed by atoms with Crippen LogP contribution in [0.2, 0.25) is 0 Å². The highest BCUT2D eigenvalue weighted by Crippen LogP contribution is 2.64. The molecule has 0 amide bonds. The third-order valence-electron chi connectivity index (χ3n) is 8.49. The predicted octanol–water partition coefficient (Wildman–Crippen LogP) is 6.43. The number of carbonyl (C=O) groups is 1. The smallest absolute Gasteiger partial charge is 0.299 e. The molecule has 33 heavy (non-hydrogen) atoms. The van der Waals surface area contributed by atoms with Crippen molar-refractivity contribution < 1.29 is 30.9 Å². The third-order valence-corrected chi connectivity index (χ3v) is 9.32. The summed E-state index contributed by atoms with van der Waals surface area (Å²) in [7, 11) is -4.74. The number of benzene rings is 1. The maximum Gasteiger partial charge on any atom is 0.416 e. The van der Waals surface area contributed by atoms with Gasteiger partial charge in [-0.2, -0.15) is 21.6 Å². The molecule has 3 aliphatic rings. The van der Waals surface area contributed by atoms with E-state index in [9.17, 15) is 30.9 Å². The zero-order chi connectivity index (χ0) is 24.6. The van der Waals surface area contributed by atoms with Gasteiger partial charge in [-0.15, -0.1) is 0 Å². The summed E-state index contributed by atoms with van der Waals surface area (Å²) >= 11 is 0. The summed E-state index contributed by atoms with van der Waals surface area (Å²) in [5.74, 6) is 0.140. The van der Waals surface area contributed by atoms with E-state index < -0.39 is 26.8 Å². The first-order chi connectivity index (χ1) is 15.0. The Morgan fingerprint density at radius 1 is 1.12 bits per heavy atom. The molecule has 4 nitrogen and oxygen atoms in total. The van der Waals surface area contributed by atoms with Gasteiger partial charge in [0.15, 0.2) is 0 Å². The topological polar surface area (TPSA) is 71.4 Å². The van der Waals surface area contributed by atoms with E-state index in [4.69, 9.17) is 0 Å². The minimum Gasteiger partial charge on any atom is -0.299 e. The van der Waals surface area contributed by atoms with Gasteiger partial charge in [0.2, 0.25) is 0 Å². The molecule has 184 valence electrons. The number of carbonyl (C=O) groups excluding carboxylic acids is 1. The minimum atomic E-state index is -4.74. The van der Waals surface area contributed by atoms with Crippen LogP contribution in [0, 0.1) is 28.6 Å². The Bertz CT molecular complexity index is 1070. The summed E-state index contributed by atoms with van der Waals surface area (Å²) in [6.07, 6.45) is -0.311. The first-order valence-electron chi connectivity index (χ1n) is 11.8. The van der Waals surface area contributed by atoms with E-state index in [1.54, 1.807) is 0 Å². The van der Waals surface area contributed by atoms with Gasteiger partial charge in [-0.05, 0) is 90.4 Å². The fourth-order valence-corrected chi connectivity index (χ4v) is 7.82. The summed E-state index contributed by atoms with van der Waals surface area (Å²) in [6.45, 7) is 8.31. The number of rotatable bonds is 3. The summed E-state index contributed by atoms with van der Waals surface area (Å²) in [6, 6.07) is 1.81. The molecule has 2 saturated carbocycles. The second-order valence-electron chi connectivity index (χ2n) is 11.8. The van der Waals surface area contributed by atoms with Gasteiger partial charge in [0, 0.05) is 12.3 Å². The fraction of sp³-hybridized carbons (Fsp3) is 0.720. The number of fused-ring (bicyclic) bond motifs is 5. The summed E-state index contributed by atoms with van der Waals surface area (Å²) < 4.78 is 74.8. The molecule has 0 aliphatic heterocycles. The van der Waals surface area contributed by atoms with Crippen molar-refractivity contribution in [1.82, 2.24) is 0 Å². The lowest BCUT2D eigenvalue weighted by Crippen LogP contribution is -2.44. The molecule has 0 bridgehead atoms. The highest BCUT2D eigenvalue weighted by atomic mass is 32.2. The number of ketones is 1. The Labute approximate surface area is 194 Å². The van der Waals surface area contributed by atoms with Crippen molar-refractivity contribution in [3.05, 3.63) is 28.8 Å². The lowest BCUT2D eigenvalue weighted by Gasteiger charge is -2.51. The molecule has 0 saturated heterocycles. The number of hydrogen-bond donors (Lipinski definition) is 1. The van der Waals surface area contributed by atoms with Crippen molar-refractivity contribution in [1.29, 1.82) is 0 Å². The van der Waals surface area contributed by atoms with Gasteiger partial charge in [-0.25, -0.2) is 0 Å². The van der Waals surface area contributed by atoms with Crippen molar-refractivity contribution >= 4 is 15.9 Å². The number of alkyl halides is 3. The van der Waals surface area contributed by atoms with Gasteiger partial charge in [0.05, 0.1) is 10.5 Å². The maximum absolute atomic E-state index is 14.1. The van der Waals surface area contributed by atoms with Crippen LogP contribution in [0.5, 0.6) is 0 Å². The minimum absolute atomic E-state index is 0.0429. The largest absolute Gasteiger partial charge is 0.416 e. The van der Waals surface area contributed by atoms with Gasteiger partial charge >= 0.3 is 6.18 Å². The van der Waals surface area contributed by atoms with E-state index in [0.717, 1.165) is 12.8 Å². The summed E-state index contributed by atoms with van der Waals surface area (Å²) in [5.41, 5.74) is -0.658. The number of hydrogen-bond acceptors (Lipinski definition) is 3. The molecule has 0 aromatic heterocycles. The maximum atomic E-state index is 14.1. The van der Waals surface area contributed by atoms with E-state index in [-0.39, 0.29) is 45.8 Å². The van der Waals surface area contributed by atoms with Crippen molar-refractivity contribution in [2.45, 2.75) is 89.6 Å². The molecule has 1 N–H and O–H groups in total. The van der Waals surface area contributed by atoms with Gasteiger partial charge in [0.25, 0.3) is 10.1 Å². The van der Waals surface area contributed by atoms with Crippen LogP contribution in [0.1, 0.15) is 88.8 Å². The molecular formula is C25H33F3O4S. The van der Waals surface area contributed by atoms with E-state index >= 15 is 0 Å². The molecule has 1 aromatic carbocycles. The van der Waals surface area contributed by atoms with Crippen LogP contribution >= 0.6 is 0 Å². The van der Waals surface area contributed by atoms with E-state index in [2.05, 4.69) is 6.92 Å². The average molecular weight is 487 g/mol. The highest BCUT2D eigenvalue weighted by molar-refractivity contribution is 7.85. The van der Waals surface area contributed by atoms with E-state index in [0.29, 0.717) is 43.7 Å². The third kappa shape index (κ3) is 4.38. The fourth-order valence-electron chi connectivity index (χ4n) is 7.26. The van der Waals surface area contributed by atoms with Crippen LogP contribution < -0.4 is 0 Å². The summed E-state index contributed by atoms with van der Waals surface area (Å²) in [4.78, 5) is 12.5. The van der Waals surface area contributed by atoms with Crippen molar-refractivity contribution in [2.75, 3.05) is 0 Å². The Hall–Kier alpha value is -1.41. The standard InChI is InChI=1S/C25H33F3O4S/c1-23(2,3)13-21(29)19-8-7-18-16-6-5-14-11-15(33(30,31)32)12-20(25(26,27)28)22(14)17(16)9-10-24(18,19)4/h11-12,16-19H,5-10,13H2,1-4H3,(H,30,31,32)/t16-,17+,18+,19-,24+/m1/s1. The normalized spacial score (nSPS) is 32.1. The van der Waals surface area contributed by atoms with Crippen molar-refractivity contribution in [3.8, 4) is 0 Å². The molecule has 8 heteroatoms. The number of Topliss-reactive ketones (excluding diaryl/α,β-unsaturated/α-hetero) is 1. The van der Waals surface area contributed by atoms with Crippen LogP contribution in [0.25, 0.3) is 0 Å². The number of halogens is 3. The van der Waals surface area contributed by atoms with E-state index in [1.165, 1.54) is 6.07 Å². The molecular weight excluding hydrogens is 453 g/mol. The Morgan fingerprint density at radius 2 is 1.79 bits per heavy atom. The molecule has 5 atom stereocenters. The van der Waals surface area contributed by atoms with Crippen LogP contribution in [-0.2, 0) is 27.5 Å². The van der Waals surface area contributed by atoms with Gasteiger partial charge in [-0.1, -0.05) is 27.7 Å². The molecule has 0 unspecified atom stereocenters. The average Bonchev–Trinajstić information content (AvgIpc) is 3.01. The predicted molar refractivity (Wildman–Crippen MR) is 118 cm³/mol. The Balaban J connectivity index is 1.72.